The molecule has 0 aliphatic rings. The van der Waals surface area contributed by atoms with E-state index in [9.17, 15) is 13.2 Å². The van der Waals surface area contributed by atoms with Gasteiger partial charge in [0.1, 0.15) is 5.75 Å². The van der Waals surface area contributed by atoms with Gasteiger partial charge in [0.05, 0.1) is 26.0 Å². The Balaban J connectivity index is 2.01. The van der Waals surface area contributed by atoms with Gasteiger partial charge in [0.25, 0.3) is 0 Å². The summed E-state index contributed by atoms with van der Waals surface area (Å²) < 4.78 is 35.9. The quantitative estimate of drug-likeness (QED) is 0.660. The maximum absolute atomic E-state index is 12.3. The molecule has 1 atom stereocenters. The first-order valence-electron chi connectivity index (χ1n) is 8.20. The van der Waals surface area contributed by atoms with Crippen LogP contribution in [0.25, 0.3) is 0 Å². The molecule has 0 fully saturated rings. The summed E-state index contributed by atoms with van der Waals surface area (Å²) in [5, 5.41) is 2.71. The Kier molecular flexibility index (Phi) is 7.26. The van der Waals surface area contributed by atoms with Gasteiger partial charge in [-0.25, -0.2) is 8.42 Å². The molecule has 2 rings (SSSR count). The zero-order valence-electron chi connectivity index (χ0n) is 15.4. The second kappa shape index (κ2) is 9.23. The maximum atomic E-state index is 12.3. The van der Waals surface area contributed by atoms with Gasteiger partial charge in [0.2, 0.25) is 5.91 Å². The highest BCUT2D eigenvalue weighted by Gasteiger charge is 2.20. The summed E-state index contributed by atoms with van der Waals surface area (Å²) >= 11 is 3.31. The first-order valence-corrected chi connectivity index (χ1v) is 10.8. The number of hydrogen-bond donors (Lipinski definition) is 1. The highest BCUT2D eigenvalue weighted by atomic mass is 79.9. The average molecular weight is 456 g/mol. The van der Waals surface area contributed by atoms with Crippen molar-refractivity contribution in [3.63, 3.8) is 0 Å². The molecule has 1 unspecified atom stereocenters. The van der Waals surface area contributed by atoms with Gasteiger partial charge >= 0.3 is 0 Å². The van der Waals surface area contributed by atoms with Crippen molar-refractivity contribution in [2.45, 2.75) is 18.7 Å². The molecule has 0 saturated heterocycles. The van der Waals surface area contributed by atoms with Crippen LogP contribution >= 0.6 is 15.9 Å². The third kappa shape index (κ3) is 6.25. The number of rotatable bonds is 8. The van der Waals surface area contributed by atoms with E-state index in [-0.39, 0.29) is 11.8 Å². The topological polar surface area (TPSA) is 81.7 Å². The Hall–Kier alpha value is -2.06. The molecule has 0 saturated carbocycles. The molecule has 146 valence electrons. The zero-order chi connectivity index (χ0) is 20.0. The van der Waals surface area contributed by atoms with E-state index in [4.69, 9.17) is 9.47 Å². The summed E-state index contributed by atoms with van der Waals surface area (Å²) in [6.45, 7) is 1.78. The van der Waals surface area contributed by atoms with Gasteiger partial charge in [-0.05, 0) is 42.3 Å². The normalized spacial score (nSPS) is 12.3. The van der Waals surface area contributed by atoms with Crippen LogP contribution in [-0.2, 0) is 20.4 Å². The standard InChI is InChI=1S/C19H22BrNO5S/c1-13(15-7-8-17(25-2)18(10-15)26-3)21-19(22)12-27(23,24)11-14-5-4-6-16(20)9-14/h4-10,13H,11-12H2,1-3H3,(H,21,22). The molecule has 1 N–H and O–H groups in total. The summed E-state index contributed by atoms with van der Waals surface area (Å²) in [6.07, 6.45) is 0. The number of ether oxygens (including phenoxy) is 2. The van der Waals surface area contributed by atoms with Crippen LogP contribution in [-0.4, -0.2) is 34.3 Å². The number of benzene rings is 2. The number of amides is 1. The molecule has 2 aromatic carbocycles. The highest BCUT2D eigenvalue weighted by molar-refractivity contribution is 9.10. The molecule has 6 nitrogen and oxygen atoms in total. The first kappa shape index (κ1) is 21.2. The number of sulfone groups is 1. The van der Waals surface area contributed by atoms with Crippen molar-refractivity contribution in [1.82, 2.24) is 5.32 Å². The fourth-order valence-corrected chi connectivity index (χ4v) is 4.34. The van der Waals surface area contributed by atoms with Crippen LogP contribution in [0.15, 0.2) is 46.9 Å². The lowest BCUT2D eigenvalue weighted by Crippen LogP contribution is -2.32. The fourth-order valence-electron chi connectivity index (χ4n) is 2.62. The summed E-state index contributed by atoms with van der Waals surface area (Å²) in [6, 6.07) is 11.9. The van der Waals surface area contributed by atoms with Crippen LogP contribution in [0.2, 0.25) is 0 Å². The number of halogens is 1. The minimum absolute atomic E-state index is 0.190. The van der Waals surface area contributed by atoms with Gasteiger partial charge in [-0.2, -0.15) is 0 Å². The first-order chi connectivity index (χ1) is 12.7. The van der Waals surface area contributed by atoms with E-state index in [0.29, 0.717) is 17.1 Å². The molecule has 2 aromatic rings. The third-order valence-corrected chi connectivity index (χ3v) is 5.88. The Morgan fingerprint density at radius 3 is 2.44 bits per heavy atom. The second-order valence-electron chi connectivity index (χ2n) is 6.07. The van der Waals surface area contributed by atoms with Crippen LogP contribution in [0.1, 0.15) is 24.1 Å². The van der Waals surface area contributed by atoms with Gasteiger partial charge in [-0.15, -0.1) is 0 Å². The van der Waals surface area contributed by atoms with Crippen LogP contribution in [0.3, 0.4) is 0 Å². The molecule has 0 aliphatic heterocycles. The van der Waals surface area contributed by atoms with Crippen LogP contribution in [0, 0.1) is 0 Å². The summed E-state index contributed by atoms with van der Waals surface area (Å²) in [4.78, 5) is 12.2. The monoisotopic (exact) mass is 455 g/mol. The van der Waals surface area contributed by atoms with Gasteiger partial charge in [-0.1, -0.05) is 34.1 Å². The fraction of sp³-hybridized carbons (Fsp3) is 0.316. The zero-order valence-corrected chi connectivity index (χ0v) is 17.8. The van der Waals surface area contributed by atoms with Crippen molar-refractivity contribution in [1.29, 1.82) is 0 Å². The van der Waals surface area contributed by atoms with Crippen LogP contribution in [0.5, 0.6) is 11.5 Å². The highest BCUT2D eigenvalue weighted by Crippen LogP contribution is 2.29. The van der Waals surface area contributed by atoms with Gasteiger partial charge in [-0.3, -0.25) is 4.79 Å². The lowest BCUT2D eigenvalue weighted by molar-refractivity contribution is -0.119. The van der Waals surface area contributed by atoms with E-state index in [2.05, 4.69) is 21.2 Å². The number of carbonyl (C=O) groups is 1. The molecule has 0 radical (unpaired) electrons. The molecule has 0 heterocycles. The minimum atomic E-state index is -3.58. The van der Waals surface area contributed by atoms with Crippen molar-refractivity contribution in [2.75, 3.05) is 20.0 Å². The summed E-state index contributed by atoms with van der Waals surface area (Å²) in [5.41, 5.74) is 1.41. The third-order valence-electron chi connectivity index (χ3n) is 3.91. The smallest absolute Gasteiger partial charge is 0.235 e. The van der Waals surface area contributed by atoms with Gasteiger partial charge in [0.15, 0.2) is 21.3 Å². The van der Waals surface area contributed by atoms with E-state index in [1.165, 1.54) is 7.11 Å². The number of hydrogen-bond acceptors (Lipinski definition) is 5. The number of carbonyl (C=O) groups excluding carboxylic acids is 1. The van der Waals surface area contributed by atoms with Crippen molar-refractivity contribution in [3.05, 3.63) is 58.1 Å². The molecule has 1 amide bonds. The SMILES string of the molecule is COc1ccc(C(C)NC(=O)CS(=O)(=O)Cc2cccc(Br)c2)cc1OC. The molecule has 0 bridgehead atoms. The number of methoxy groups -OCH3 is 2. The average Bonchev–Trinajstić information content (AvgIpc) is 2.59. The van der Waals surface area contributed by atoms with Gasteiger partial charge in [0, 0.05) is 4.47 Å². The van der Waals surface area contributed by atoms with E-state index >= 15 is 0 Å². The van der Waals surface area contributed by atoms with E-state index in [0.717, 1.165) is 10.0 Å². The summed E-state index contributed by atoms with van der Waals surface area (Å²) in [5.74, 6) is -0.191. The number of nitrogens with one attached hydrogen (secondary N) is 1. The molecule has 0 aliphatic carbocycles. The molecular weight excluding hydrogens is 434 g/mol. The van der Waals surface area contributed by atoms with Crippen LogP contribution < -0.4 is 14.8 Å². The Labute approximate surface area is 167 Å². The predicted octanol–water partition coefficient (Wildman–Crippen LogP) is 3.26. The van der Waals surface area contributed by atoms with Crippen molar-refractivity contribution < 1.29 is 22.7 Å². The molecule has 0 spiro atoms. The summed E-state index contributed by atoms with van der Waals surface area (Å²) in [7, 11) is -0.512. The molecular formula is C19H22BrNO5S. The predicted molar refractivity (Wildman–Crippen MR) is 108 cm³/mol. The van der Waals surface area contributed by atoms with Gasteiger partial charge < -0.3 is 14.8 Å². The van der Waals surface area contributed by atoms with Crippen molar-refractivity contribution in [3.8, 4) is 11.5 Å². The largest absolute Gasteiger partial charge is 0.493 e. The lowest BCUT2D eigenvalue weighted by Gasteiger charge is -2.16. The van der Waals surface area contributed by atoms with Crippen LogP contribution in [0.4, 0.5) is 0 Å². The molecule has 8 heteroatoms. The lowest BCUT2D eigenvalue weighted by atomic mass is 10.1. The molecule has 27 heavy (non-hydrogen) atoms. The Morgan fingerprint density at radius 2 is 1.81 bits per heavy atom. The van der Waals surface area contributed by atoms with E-state index < -0.39 is 21.5 Å². The van der Waals surface area contributed by atoms with E-state index in [1.54, 1.807) is 50.4 Å². The second-order valence-corrected chi connectivity index (χ2v) is 9.05. The molecule has 0 aromatic heterocycles. The van der Waals surface area contributed by atoms with E-state index in [1.807, 2.05) is 6.07 Å². The van der Waals surface area contributed by atoms with Crippen molar-refractivity contribution >= 4 is 31.7 Å². The van der Waals surface area contributed by atoms with Crippen molar-refractivity contribution in [2.24, 2.45) is 0 Å². The Morgan fingerprint density at radius 1 is 1.11 bits per heavy atom. The minimum Gasteiger partial charge on any atom is -0.493 e. The Bertz CT molecular complexity index is 914. The maximum Gasteiger partial charge on any atom is 0.235 e.